The van der Waals surface area contributed by atoms with Crippen LogP contribution in [-0.4, -0.2) is 19.3 Å². The first-order chi connectivity index (χ1) is 32.7. The molecule has 13 nitrogen and oxygen atoms in total. The van der Waals surface area contributed by atoms with Crippen LogP contribution < -0.4 is 14.7 Å². The second kappa shape index (κ2) is 17.5. The Morgan fingerprint density at radius 1 is 0.299 bits per heavy atom. The second-order valence-electron chi connectivity index (χ2n) is 15.6. The van der Waals surface area contributed by atoms with Crippen LogP contribution in [-0.2, 0) is 0 Å². The van der Waals surface area contributed by atoms with E-state index in [1.165, 1.54) is 18.2 Å². The third-order valence-electron chi connectivity index (χ3n) is 11.6. The van der Waals surface area contributed by atoms with Crippen LogP contribution in [0.4, 0.5) is 68.2 Å². The molecule has 0 aliphatic carbocycles. The van der Waals surface area contributed by atoms with Crippen molar-refractivity contribution in [1.82, 2.24) is 4.57 Å². The van der Waals surface area contributed by atoms with Crippen molar-refractivity contribution >= 4 is 90.1 Å². The zero-order chi connectivity index (χ0) is 46.0. The fourth-order valence-corrected chi connectivity index (χ4v) is 8.62. The number of nitrogens with zero attached hydrogens (tertiary/aromatic N) is 7. The highest BCUT2D eigenvalue weighted by molar-refractivity contribution is 6.12. The normalized spacial score (nSPS) is 11.0. The molecule has 0 fully saturated rings. The highest BCUT2D eigenvalue weighted by Crippen LogP contribution is 2.44. The van der Waals surface area contributed by atoms with Crippen LogP contribution in [0.25, 0.3) is 27.5 Å². The van der Waals surface area contributed by atoms with Gasteiger partial charge in [0, 0.05) is 87.0 Å². The molecule has 67 heavy (non-hydrogen) atoms. The highest BCUT2D eigenvalue weighted by Gasteiger charge is 2.23. The molecule has 0 N–H and O–H groups in total. The van der Waals surface area contributed by atoms with Gasteiger partial charge in [0.15, 0.2) is 0 Å². The molecule has 0 saturated heterocycles. The number of fused-ring (bicyclic) bond motifs is 3. The van der Waals surface area contributed by atoms with Crippen LogP contribution in [0.5, 0.6) is 0 Å². The van der Waals surface area contributed by atoms with Crippen LogP contribution in [0.1, 0.15) is 0 Å². The predicted octanol–water partition coefficient (Wildman–Crippen LogP) is 14.9. The molecule has 0 spiro atoms. The smallest absolute Gasteiger partial charge is 0.271 e. The van der Waals surface area contributed by atoms with E-state index in [9.17, 15) is 30.3 Å². The number of benzene rings is 9. The number of aromatic nitrogens is 1. The molecule has 0 amide bonds. The van der Waals surface area contributed by atoms with E-state index in [1.54, 1.807) is 36.4 Å². The molecule has 9 aromatic carbocycles. The standard InChI is InChI=1S/C54H37N7O6/c62-59(63)48-22-10-19-43(33-48)55(38-13-4-1-5-14-38)41-25-27-42(28-26-41)58-53-31-29-46(56(39-15-6-2-7-16-39)44-20-11-23-49(34-44)60(64)65)36-51(53)52-37-47(30-32-54(52)58)57(40-17-8-3-9-18-40)45-21-12-24-50(35-45)61(66)67/h1-37H. The summed E-state index contributed by atoms with van der Waals surface area (Å²) in [6.45, 7) is 0. The van der Waals surface area contributed by atoms with Gasteiger partial charge in [-0.05, 0) is 115 Å². The molecule has 10 aromatic rings. The van der Waals surface area contributed by atoms with Gasteiger partial charge in [-0.25, -0.2) is 0 Å². The Balaban J connectivity index is 1.19. The van der Waals surface area contributed by atoms with Crippen LogP contribution >= 0.6 is 0 Å². The Labute approximate surface area is 383 Å². The number of rotatable bonds is 13. The van der Waals surface area contributed by atoms with Crippen molar-refractivity contribution in [1.29, 1.82) is 0 Å². The van der Waals surface area contributed by atoms with Crippen LogP contribution in [0, 0.1) is 30.3 Å². The van der Waals surface area contributed by atoms with E-state index in [1.807, 2.05) is 172 Å². The SMILES string of the molecule is O=[N+]([O-])c1cccc(N(c2ccccc2)c2ccc(-n3c4ccc(N(c5ccccc5)c5cccc([N+](=O)[O-])c5)cc4c4cc(N(c5ccccc5)c5cccc([N+](=O)[O-])c5)ccc43)cc2)c1. The number of hydrogen-bond donors (Lipinski definition) is 0. The highest BCUT2D eigenvalue weighted by atomic mass is 16.6. The van der Waals surface area contributed by atoms with E-state index in [-0.39, 0.29) is 17.1 Å². The maximum Gasteiger partial charge on any atom is 0.271 e. The summed E-state index contributed by atoms with van der Waals surface area (Å²) >= 11 is 0. The first-order valence-corrected chi connectivity index (χ1v) is 21.2. The molecular weight excluding hydrogens is 843 g/mol. The zero-order valence-corrected chi connectivity index (χ0v) is 35.4. The van der Waals surface area contributed by atoms with Gasteiger partial charge in [0.2, 0.25) is 0 Å². The summed E-state index contributed by atoms with van der Waals surface area (Å²) in [5.41, 5.74) is 9.05. The molecule has 324 valence electrons. The molecule has 0 atom stereocenters. The van der Waals surface area contributed by atoms with Gasteiger partial charge in [-0.3, -0.25) is 30.3 Å². The predicted molar refractivity (Wildman–Crippen MR) is 265 cm³/mol. The van der Waals surface area contributed by atoms with E-state index in [4.69, 9.17) is 0 Å². The fourth-order valence-electron chi connectivity index (χ4n) is 8.62. The van der Waals surface area contributed by atoms with Crippen molar-refractivity contribution in [3.63, 3.8) is 0 Å². The topological polar surface area (TPSA) is 144 Å². The van der Waals surface area contributed by atoms with Crippen LogP contribution in [0.3, 0.4) is 0 Å². The maximum absolute atomic E-state index is 12.0. The number of hydrogen-bond acceptors (Lipinski definition) is 9. The van der Waals surface area contributed by atoms with E-state index in [0.29, 0.717) is 17.1 Å². The lowest BCUT2D eigenvalue weighted by Crippen LogP contribution is -2.10. The van der Waals surface area contributed by atoms with Crippen molar-refractivity contribution < 1.29 is 14.8 Å². The maximum atomic E-state index is 12.0. The van der Waals surface area contributed by atoms with Gasteiger partial charge in [-0.1, -0.05) is 72.8 Å². The average Bonchev–Trinajstić information content (AvgIpc) is 3.69. The van der Waals surface area contributed by atoms with E-state index in [0.717, 1.165) is 61.6 Å². The van der Waals surface area contributed by atoms with Crippen molar-refractivity contribution in [3.05, 3.63) is 255 Å². The third kappa shape index (κ3) is 8.00. The lowest BCUT2D eigenvalue weighted by Gasteiger charge is -2.26. The summed E-state index contributed by atoms with van der Waals surface area (Å²) in [6, 6.07) is 68.9. The lowest BCUT2D eigenvalue weighted by molar-refractivity contribution is -0.385. The quantitative estimate of drug-likeness (QED) is 0.0816. The molecule has 0 unspecified atom stereocenters. The molecule has 0 aliphatic heterocycles. The van der Waals surface area contributed by atoms with Gasteiger partial charge in [-0.2, -0.15) is 0 Å². The molecular formula is C54H37N7O6. The minimum Gasteiger partial charge on any atom is -0.310 e. The van der Waals surface area contributed by atoms with Gasteiger partial charge in [0.25, 0.3) is 17.1 Å². The number of nitro benzene ring substituents is 3. The molecule has 0 radical (unpaired) electrons. The summed E-state index contributed by atoms with van der Waals surface area (Å²) < 4.78 is 2.17. The van der Waals surface area contributed by atoms with Crippen LogP contribution in [0.2, 0.25) is 0 Å². The second-order valence-corrected chi connectivity index (χ2v) is 15.6. The van der Waals surface area contributed by atoms with Gasteiger partial charge < -0.3 is 19.3 Å². The Kier molecular flexibility index (Phi) is 10.8. The number of para-hydroxylation sites is 3. The largest absolute Gasteiger partial charge is 0.310 e. The summed E-state index contributed by atoms with van der Waals surface area (Å²) in [5, 5.41) is 37.6. The van der Waals surface area contributed by atoms with Gasteiger partial charge >= 0.3 is 0 Å². The Hall–Kier alpha value is -9.62. The minimum atomic E-state index is -0.404. The first kappa shape index (κ1) is 41.4. The Morgan fingerprint density at radius 2 is 0.582 bits per heavy atom. The Morgan fingerprint density at radius 3 is 0.925 bits per heavy atom. The monoisotopic (exact) mass is 879 g/mol. The number of non-ortho nitro benzene ring substituents is 3. The molecule has 1 heterocycles. The summed E-state index contributed by atoms with van der Waals surface area (Å²) in [4.78, 5) is 40.6. The molecule has 0 saturated carbocycles. The van der Waals surface area contributed by atoms with Crippen molar-refractivity contribution in [3.8, 4) is 5.69 Å². The lowest BCUT2D eigenvalue weighted by atomic mass is 10.1. The van der Waals surface area contributed by atoms with E-state index in [2.05, 4.69) is 16.7 Å². The summed E-state index contributed by atoms with van der Waals surface area (Å²) in [7, 11) is 0. The molecule has 1 aromatic heterocycles. The first-order valence-electron chi connectivity index (χ1n) is 21.2. The number of nitro groups is 3. The van der Waals surface area contributed by atoms with Gasteiger partial charge in [-0.15, -0.1) is 0 Å². The Bertz CT molecular complexity index is 3320. The molecule has 13 heteroatoms. The van der Waals surface area contributed by atoms with E-state index < -0.39 is 14.8 Å². The van der Waals surface area contributed by atoms with Crippen LogP contribution in [0.15, 0.2) is 224 Å². The average molecular weight is 880 g/mol. The van der Waals surface area contributed by atoms with E-state index >= 15 is 0 Å². The molecule has 0 bridgehead atoms. The summed E-state index contributed by atoms with van der Waals surface area (Å²) in [6.07, 6.45) is 0. The fraction of sp³-hybridized carbons (Fsp3) is 0. The van der Waals surface area contributed by atoms with Gasteiger partial charge in [0.1, 0.15) is 0 Å². The molecule has 0 aliphatic rings. The minimum absolute atomic E-state index is 0.0216. The zero-order valence-electron chi connectivity index (χ0n) is 35.4. The van der Waals surface area contributed by atoms with Crippen molar-refractivity contribution in [2.45, 2.75) is 0 Å². The van der Waals surface area contributed by atoms with Gasteiger partial charge in [0.05, 0.1) is 42.9 Å². The number of anilines is 9. The third-order valence-corrected chi connectivity index (χ3v) is 11.6. The van der Waals surface area contributed by atoms with Crippen molar-refractivity contribution in [2.24, 2.45) is 0 Å². The summed E-state index contributed by atoms with van der Waals surface area (Å²) in [5.74, 6) is 0. The molecule has 10 rings (SSSR count). The van der Waals surface area contributed by atoms with Crippen molar-refractivity contribution in [2.75, 3.05) is 14.7 Å².